The first-order valence-corrected chi connectivity index (χ1v) is 21.0. The van der Waals surface area contributed by atoms with E-state index in [-0.39, 0.29) is 42.6 Å². The molecule has 5 atom stereocenters. The summed E-state index contributed by atoms with van der Waals surface area (Å²) in [5.74, 6) is -0.348. The Morgan fingerprint density at radius 2 is 1.47 bits per heavy atom. The molecule has 0 aliphatic carbocycles. The summed E-state index contributed by atoms with van der Waals surface area (Å²) in [6, 6.07) is 38.9. The van der Waals surface area contributed by atoms with Crippen LogP contribution in [0.3, 0.4) is 0 Å². The van der Waals surface area contributed by atoms with Crippen molar-refractivity contribution in [3.63, 3.8) is 0 Å². The Bertz CT molecular complexity index is 2190. The van der Waals surface area contributed by atoms with Gasteiger partial charge in [-0.1, -0.05) is 116 Å². The van der Waals surface area contributed by atoms with Crippen LogP contribution in [0.1, 0.15) is 52.7 Å². The maximum atomic E-state index is 13.7. The molecule has 2 aliphatic rings. The van der Waals surface area contributed by atoms with Gasteiger partial charge in [0.2, 0.25) is 15.9 Å². The van der Waals surface area contributed by atoms with E-state index in [1.165, 1.54) is 0 Å². The smallest absolute Gasteiger partial charge is 0.241 e. The number of nitrogens with one attached hydrogen (secondary N) is 2. The van der Waals surface area contributed by atoms with E-state index in [9.17, 15) is 18.3 Å². The van der Waals surface area contributed by atoms with Gasteiger partial charge in [-0.05, 0) is 71.0 Å². The van der Waals surface area contributed by atoms with Crippen LogP contribution in [0, 0.1) is 12.8 Å². The average molecular weight is 790 g/mol. The van der Waals surface area contributed by atoms with E-state index in [4.69, 9.17) is 14.2 Å². The SMILES string of the molecule is Cc1ccc(S(=O)(=O)N[C@H](Cc2ccccc2)C(=O)NCc2cccc(-c3cccc([C@@H]4O[C@H](CN5CCOCC5)[C@H](C)[C@H](c5ccc(CO)cc5)O4)c3)c2)cc1. The van der Waals surface area contributed by atoms with Gasteiger partial charge in [0.1, 0.15) is 6.04 Å². The van der Waals surface area contributed by atoms with E-state index in [0.717, 1.165) is 64.1 Å². The lowest BCUT2D eigenvalue weighted by molar-refractivity contribution is -0.277. The molecule has 2 saturated heterocycles. The minimum Gasteiger partial charge on any atom is -0.392 e. The van der Waals surface area contributed by atoms with Gasteiger partial charge in [-0.25, -0.2) is 8.42 Å². The second-order valence-corrected chi connectivity index (χ2v) is 16.7. The molecule has 0 spiro atoms. The lowest BCUT2D eigenvalue weighted by Crippen LogP contribution is -2.47. The Morgan fingerprint density at radius 3 is 2.19 bits per heavy atom. The van der Waals surface area contributed by atoms with Gasteiger partial charge in [0.05, 0.1) is 36.9 Å². The van der Waals surface area contributed by atoms with Crippen molar-refractivity contribution in [2.75, 3.05) is 32.8 Å². The molecule has 10 nitrogen and oxygen atoms in total. The third-order valence-corrected chi connectivity index (χ3v) is 12.3. The number of aryl methyl sites for hydroxylation is 1. The van der Waals surface area contributed by atoms with Gasteiger partial charge < -0.3 is 24.6 Å². The average Bonchev–Trinajstić information content (AvgIpc) is 3.24. The quantitative estimate of drug-likeness (QED) is 0.117. The Kier molecular flexibility index (Phi) is 13.3. The Labute approximate surface area is 335 Å². The standard InChI is InChI=1S/C46H51N3O7S/c1-32-14-20-41(21-15-32)57(52,53)48-42(27-34-8-4-3-5-9-34)45(51)47-29-36-10-6-11-38(26-36)39-12-7-13-40(28-39)46-55-43(30-49-22-24-54-25-23-49)33(2)44(56-46)37-18-16-35(31-50)17-19-37/h3-21,26,28,33,42-44,46,48,50H,22-25,27,29-31H2,1-2H3,(H,47,51)/t33-,42+,43+,44+,46+/m0/s1. The first kappa shape index (κ1) is 40.5. The topological polar surface area (TPSA) is 126 Å². The molecule has 5 aromatic rings. The molecule has 1 amide bonds. The van der Waals surface area contributed by atoms with E-state index >= 15 is 0 Å². The molecule has 2 aliphatic heterocycles. The maximum absolute atomic E-state index is 13.7. The van der Waals surface area contributed by atoms with Crippen molar-refractivity contribution in [1.82, 2.24) is 14.9 Å². The number of hydrogen-bond acceptors (Lipinski definition) is 8. The van der Waals surface area contributed by atoms with Crippen molar-refractivity contribution in [2.45, 2.75) is 62.9 Å². The summed E-state index contributed by atoms with van der Waals surface area (Å²) >= 11 is 0. The summed E-state index contributed by atoms with van der Waals surface area (Å²) in [6.07, 6.45) is -0.726. The highest BCUT2D eigenvalue weighted by atomic mass is 32.2. The number of aliphatic hydroxyl groups excluding tert-OH is 1. The molecule has 0 aromatic heterocycles. The fraction of sp³-hybridized carbons (Fsp3) is 0.326. The van der Waals surface area contributed by atoms with Gasteiger partial charge in [0, 0.05) is 37.7 Å². The fourth-order valence-corrected chi connectivity index (χ4v) is 8.61. The first-order valence-electron chi connectivity index (χ1n) is 19.6. The lowest BCUT2D eigenvalue weighted by atomic mass is 9.89. The Morgan fingerprint density at radius 1 is 0.789 bits per heavy atom. The molecule has 0 saturated carbocycles. The van der Waals surface area contributed by atoms with E-state index in [1.54, 1.807) is 24.3 Å². The van der Waals surface area contributed by atoms with Crippen molar-refractivity contribution in [1.29, 1.82) is 0 Å². The van der Waals surface area contributed by atoms with Crippen LogP contribution in [0.15, 0.2) is 132 Å². The number of amides is 1. The summed E-state index contributed by atoms with van der Waals surface area (Å²) in [4.78, 5) is 16.2. The monoisotopic (exact) mass is 789 g/mol. The van der Waals surface area contributed by atoms with Gasteiger partial charge in [0.15, 0.2) is 6.29 Å². The summed E-state index contributed by atoms with van der Waals surface area (Å²) in [7, 11) is -3.96. The van der Waals surface area contributed by atoms with Crippen molar-refractivity contribution < 1.29 is 32.5 Å². The second kappa shape index (κ2) is 18.7. The van der Waals surface area contributed by atoms with Crippen LogP contribution in [-0.4, -0.2) is 69.3 Å². The number of morpholine rings is 1. The molecule has 7 rings (SSSR count). The third kappa shape index (κ3) is 10.4. The van der Waals surface area contributed by atoms with Crippen LogP contribution in [0.25, 0.3) is 11.1 Å². The Hall–Kier alpha value is -4.72. The maximum Gasteiger partial charge on any atom is 0.241 e. The molecule has 5 aromatic carbocycles. The fourth-order valence-electron chi connectivity index (χ4n) is 7.41. The molecule has 298 valence electrons. The summed E-state index contributed by atoms with van der Waals surface area (Å²) in [5, 5.41) is 12.6. The Balaban J connectivity index is 1.07. The highest BCUT2D eigenvalue weighted by Crippen LogP contribution is 2.42. The van der Waals surface area contributed by atoms with E-state index in [0.29, 0.717) is 13.2 Å². The van der Waals surface area contributed by atoms with Gasteiger partial charge in [-0.3, -0.25) is 9.69 Å². The van der Waals surface area contributed by atoms with Crippen LogP contribution in [0.5, 0.6) is 0 Å². The molecular weight excluding hydrogens is 739 g/mol. The van der Waals surface area contributed by atoms with Crippen LogP contribution in [-0.2, 0) is 48.6 Å². The summed E-state index contributed by atoms with van der Waals surface area (Å²) in [5.41, 5.74) is 7.35. The largest absolute Gasteiger partial charge is 0.392 e. The highest BCUT2D eigenvalue weighted by Gasteiger charge is 2.39. The molecule has 0 radical (unpaired) electrons. The molecule has 3 N–H and O–H groups in total. The van der Waals surface area contributed by atoms with E-state index < -0.39 is 28.3 Å². The number of nitrogens with zero attached hydrogens (tertiary/aromatic N) is 1. The highest BCUT2D eigenvalue weighted by molar-refractivity contribution is 7.89. The lowest BCUT2D eigenvalue weighted by Gasteiger charge is -2.43. The van der Waals surface area contributed by atoms with Gasteiger partial charge in [0.25, 0.3) is 0 Å². The summed E-state index contributed by atoms with van der Waals surface area (Å²) < 4.78 is 48.5. The first-order chi connectivity index (χ1) is 27.6. The predicted molar refractivity (Wildman–Crippen MR) is 219 cm³/mol. The van der Waals surface area contributed by atoms with Crippen LogP contribution in [0.2, 0.25) is 0 Å². The van der Waals surface area contributed by atoms with E-state index in [1.807, 2.05) is 104 Å². The number of carbonyl (C=O) groups excluding carboxylic acids is 1. The molecule has 2 heterocycles. The predicted octanol–water partition coefficient (Wildman–Crippen LogP) is 6.48. The number of benzene rings is 5. The minimum absolute atomic E-state index is 0.0159. The molecule has 0 bridgehead atoms. The second-order valence-electron chi connectivity index (χ2n) is 15.0. The van der Waals surface area contributed by atoms with Crippen LogP contribution in [0.4, 0.5) is 0 Å². The van der Waals surface area contributed by atoms with Crippen LogP contribution < -0.4 is 10.0 Å². The molecule has 11 heteroatoms. The van der Waals surface area contributed by atoms with Crippen molar-refractivity contribution in [2.24, 2.45) is 5.92 Å². The normalized spacial score (nSPS) is 20.8. The number of sulfonamides is 1. The zero-order valence-corrected chi connectivity index (χ0v) is 33.2. The third-order valence-electron chi connectivity index (χ3n) is 10.8. The van der Waals surface area contributed by atoms with Crippen molar-refractivity contribution >= 4 is 15.9 Å². The minimum atomic E-state index is -3.96. The molecular formula is C46H51N3O7S. The molecule has 2 fully saturated rings. The van der Waals surface area contributed by atoms with Crippen molar-refractivity contribution in [3.8, 4) is 11.1 Å². The number of rotatable bonds is 14. The van der Waals surface area contributed by atoms with Crippen LogP contribution >= 0.6 is 0 Å². The molecule has 57 heavy (non-hydrogen) atoms. The number of aliphatic hydroxyl groups is 1. The number of hydrogen-bond donors (Lipinski definition) is 3. The van der Waals surface area contributed by atoms with Gasteiger partial charge >= 0.3 is 0 Å². The van der Waals surface area contributed by atoms with E-state index in [2.05, 4.69) is 27.9 Å². The zero-order chi connectivity index (χ0) is 39.8. The van der Waals surface area contributed by atoms with Gasteiger partial charge in [-0.2, -0.15) is 4.72 Å². The molecule has 0 unspecified atom stereocenters. The number of ether oxygens (including phenoxy) is 3. The van der Waals surface area contributed by atoms with Crippen molar-refractivity contribution in [3.05, 3.63) is 161 Å². The van der Waals surface area contributed by atoms with Gasteiger partial charge in [-0.15, -0.1) is 0 Å². The zero-order valence-electron chi connectivity index (χ0n) is 32.4. The summed E-state index contributed by atoms with van der Waals surface area (Å²) in [6.45, 7) is 8.15. The number of carbonyl (C=O) groups is 1.